The zero-order valence-electron chi connectivity index (χ0n) is 11.6. The molecule has 0 saturated carbocycles. The fourth-order valence-electron chi connectivity index (χ4n) is 2.18. The Morgan fingerprint density at radius 2 is 2.19 bits per heavy atom. The van der Waals surface area contributed by atoms with Gasteiger partial charge in [0, 0.05) is 22.4 Å². The van der Waals surface area contributed by atoms with Crippen LogP contribution in [-0.2, 0) is 0 Å². The van der Waals surface area contributed by atoms with E-state index in [1.807, 2.05) is 48.9 Å². The van der Waals surface area contributed by atoms with Crippen LogP contribution in [0.2, 0.25) is 0 Å². The van der Waals surface area contributed by atoms with E-state index >= 15 is 0 Å². The monoisotopic (exact) mass is 363 g/mol. The van der Waals surface area contributed by atoms with Gasteiger partial charge in [0.2, 0.25) is 0 Å². The molecule has 0 aliphatic rings. The average molecular weight is 364 g/mol. The van der Waals surface area contributed by atoms with Gasteiger partial charge in [0.25, 0.3) is 5.91 Å². The molecule has 3 rings (SSSR count). The number of rotatable bonds is 3. The number of nitrogens with zero attached hydrogens (tertiary/aromatic N) is 2. The van der Waals surface area contributed by atoms with Gasteiger partial charge in [-0.25, -0.2) is 4.98 Å². The Balaban J connectivity index is 1.88. The third-order valence-corrected chi connectivity index (χ3v) is 4.42. The fourth-order valence-corrected chi connectivity index (χ4v) is 3.34. The van der Waals surface area contributed by atoms with Gasteiger partial charge in [0.15, 0.2) is 0 Å². The lowest BCUT2D eigenvalue weighted by Crippen LogP contribution is -2.17. The molecular weight excluding hydrogens is 350 g/mol. The first-order valence-electron chi connectivity index (χ1n) is 6.56. The van der Waals surface area contributed by atoms with Crippen molar-refractivity contribution in [3.63, 3.8) is 0 Å². The summed E-state index contributed by atoms with van der Waals surface area (Å²) in [6.07, 6.45) is 1.92. The van der Waals surface area contributed by atoms with Crippen molar-refractivity contribution in [1.29, 1.82) is 0 Å². The Kier molecular flexibility index (Phi) is 3.82. The van der Waals surface area contributed by atoms with Crippen LogP contribution in [0.15, 0.2) is 40.4 Å². The molecule has 4 nitrogen and oxygen atoms in total. The molecule has 0 radical (unpaired) electrons. The van der Waals surface area contributed by atoms with Gasteiger partial charge in [0.05, 0.1) is 15.7 Å². The van der Waals surface area contributed by atoms with Crippen molar-refractivity contribution in [2.24, 2.45) is 0 Å². The third-order valence-electron chi connectivity index (χ3n) is 3.19. The minimum Gasteiger partial charge on any atom is -0.340 e. The van der Waals surface area contributed by atoms with Crippen molar-refractivity contribution in [3.05, 3.63) is 46.1 Å². The Morgan fingerprint density at radius 1 is 1.38 bits per heavy atom. The van der Waals surface area contributed by atoms with Crippen molar-refractivity contribution in [2.45, 2.75) is 19.9 Å². The summed E-state index contributed by atoms with van der Waals surface area (Å²) in [5.41, 5.74) is 4.18. The van der Waals surface area contributed by atoms with Gasteiger partial charge in [-0.05, 0) is 54.0 Å². The van der Waals surface area contributed by atoms with Gasteiger partial charge < -0.3 is 9.88 Å². The number of nitrogens with one attached hydrogen (secondary N) is 1. The zero-order chi connectivity index (χ0) is 15.0. The lowest BCUT2D eigenvalue weighted by atomic mass is 10.2. The van der Waals surface area contributed by atoms with Crippen molar-refractivity contribution in [3.8, 4) is 0 Å². The molecule has 1 aromatic carbocycles. The maximum atomic E-state index is 12.5. The lowest BCUT2D eigenvalue weighted by Gasteiger charge is -2.12. The van der Waals surface area contributed by atoms with E-state index < -0.39 is 0 Å². The normalized spacial score (nSPS) is 11.2. The first-order valence-corrected chi connectivity index (χ1v) is 8.24. The first kappa shape index (κ1) is 14.3. The molecule has 0 spiro atoms. The van der Waals surface area contributed by atoms with Gasteiger partial charge >= 0.3 is 0 Å². The first-order chi connectivity index (χ1) is 10.0. The van der Waals surface area contributed by atoms with Crippen LogP contribution < -0.4 is 5.32 Å². The molecule has 2 heterocycles. The SMILES string of the molecule is CC(C)n1cc(Br)cc1C(=O)Nc1ccc2ncsc2c1. The number of halogens is 1. The highest BCUT2D eigenvalue weighted by molar-refractivity contribution is 9.10. The smallest absolute Gasteiger partial charge is 0.272 e. The predicted molar refractivity (Wildman–Crippen MR) is 90.1 cm³/mol. The van der Waals surface area contributed by atoms with E-state index in [-0.39, 0.29) is 11.9 Å². The maximum absolute atomic E-state index is 12.5. The lowest BCUT2D eigenvalue weighted by molar-refractivity contribution is 0.101. The molecular formula is C15H14BrN3OS. The van der Waals surface area contributed by atoms with E-state index in [1.165, 1.54) is 0 Å². The van der Waals surface area contributed by atoms with E-state index in [4.69, 9.17) is 0 Å². The standard InChI is InChI=1S/C15H14BrN3OS/c1-9(2)19-7-10(16)5-13(19)15(20)18-11-3-4-12-14(6-11)21-8-17-12/h3-9H,1-2H3,(H,18,20). The van der Waals surface area contributed by atoms with Gasteiger partial charge in [-0.15, -0.1) is 11.3 Å². The molecule has 0 aliphatic carbocycles. The van der Waals surface area contributed by atoms with E-state index in [0.717, 1.165) is 20.4 Å². The number of aromatic nitrogens is 2. The van der Waals surface area contributed by atoms with Gasteiger partial charge in [-0.2, -0.15) is 0 Å². The van der Waals surface area contributed by atoms with Crippen LogP contribution in [0.1, 0.15) is 30.4 Å². The Bertz CT molecular complexity index is 806. The fraction of sp³-hybridized carbons (Fsp3) is 0.200. The molecule has 21 heavy (non-hydrogen) atoms. The Labute approximate surface area is 134 Å². The van der Waals surface area contributed by atoms with Gasteiger partial charge in [-0.3, -0.25) is 4.79 Å². The highest BCUT2D eigenvalue weighted by atomic mass is 79.9. The molecule has 1 N–H and O–H groups in total. The molecule has 3 aromatic rings. The molecule has 1 amide bonds. The second-order valence-corrected chi connectivity index (χ2v) is 6.84. The van der Waals surface area contributed by atoms with Crippen LogP contribution in [0.25, 0.3) is 10.2 Å². The number of fused-ring (bicyclic) bond motifs is 1. The second kappa shape index (κ2) is 5.61. The number of anilines is 1. The summed E-state index contributed by atoms with van der Waals surface area (Å²) >= 11 is 4.99. The van der Waals surface area contributed by atoms with E-state index in [9.17, 15) is 4.79 Å². The summed E-state index contributed by atoms with van der Waals surface area (Å²) in [5, 5.41) is 2.95. The molecule has 0 bridgehead atoms. The third kappa shape index (κ3) is 2.87. The van der Waals surface area contributed by atoms with Crippen LogP contribution in [0, 0.1) is 0 Å². The number of amides is 1. The molecule has 0 atom stereocenters. The maximum Gasteiger partial charge on any atom is 0.272 e. The van der Waals surface area contributed by atoms with Gasteiger partial charge in [0.1, 0.15) is 5.69 Å². The average Bonchev–Trinajstić information content (AvgIpc) is 3.04. The number of thiazole rings is 1. The number of carbonyl (C=O) groups excluding carboxylic acids is 1. The molecule has 0 fully saturated rings. The molecule has 108 valence electrons. The van der Waals surface area contributed by atoms with E-state index in [1.54, 1.807) is 16.8 Å². The van der Waals surface area contributed by atoms with E-state index in [2.05, 4.69) is 26.2 Å². The van der Waals surface area contributed by atoms with Crippen LogP contribution in [0.5, 0.6) is 0 Å². The minimum atomic E-state index is -0.113. The summed E-state index contributed by atoms with van der Waals surface area (Å²) in [6, 6.07) is 7.79. The number of carbonyl (C=O) groups is 1. The highest BCUT2D eigenvalue weighted by Crippen LogP contribution is 2.24. The number of benzene rings is 1. The van der Waals surface area contributed by atoms with Crippen LogP contribution in [0.3, 0.4) is 0 Å². The summed E-state index contributed by atoms with van der Waals surface area (Å²) < 4.78 is 3.91. The topological polar surface area (TPSA) is 46.9 Å². The van der Waals surface area contributed by atoms with Gasteiger partial charge in [-0.1, -0.05) is 0 Å². The van der Waals surface area contributed by atoms with Crippen molar-refractivity contribution >= 4 is 49.1 Å². The van der Waals surface area contributed by atoms with E-state index in [0.29, 0.717) is 5.69 Å². The van der Waals surface area contributed by atoms with Crippen molar-refractivity contribution < 1.29 is 4.79 Å². The number of hydrogen-bond donors (Lipinski definition) is 1. The van der Waals surface area contributed by atoms with Crippen LogP contribution >= 0.6 is 27.3 Å². The van der Waals surface area contributed by atoms with Crippen LogP contribution in [-0.4, -0.2) is 15.5 Å². The molecule has 0 unspecified atom stereocenters. The summed E-state index contributed by atoms with van der Waals surface area (Å²) in [5.74, 6) is -0.113. The highest BCUT2D eigenvalue weighted by Gasteiger charge is 2.15. The molecule has 6 heteroatoms. The zero-order valence-corrected chi connectivity index (χ0v) is 14.0. The van der Waals surface area contributed by atoms with Crippen LogP contribution in [0.4, 0.5) is 5.69 Å². The Hall–Kier alpha value is -1.66. The largest absolute Gasteiger partial charge is 0.340 e. The quantitative estimate of drug-likeness (QED) is 0.733. The number of hydrogen-bond acceptors (Lipinski definition) is 3. The summed E-state index contributed by atoms with van der Waals surface area (Å²) in [7, 11) is 0. The second-order valence-electron chi connectivity index (χ2n) is 5.03. The summed E-state index contributed by atoms with van der Waals surface area (Å²) in [6.45, 7) is 4.10. The Morgan fingerprint density at radius 3 is 2.95 bits per heavy atom. The summed E-state index contributed by atoms with van der Waals surface area (Å²) in [4.78, 5) is 16.7. The minimum absolute atomic E-state index is 0.113. The van der Waals surface area contributed by atoms with Crippen molar-refractivity contribution in [2.75, 3.05) is 5.32 Å². The molecule has 0 aliphatic heterocycles. The molecule has 2 aromatic heterocycles. The predicted octanol–water partition coefficient (Wildman–Crippen LogP) is 4.69. The molecule has 0 saturated heterocycles. The van der Waals surface area contributed by atoms with Crippen molar-refractivity contribution in [1.82, 2.24) is 9.55 Å².